The number of aromatic hydroxyl groups is 1. The van der Waals surface area contributed by atoms with Gasteiger partial charge in [-0.25, -0.2) is 0 Å². The summed E-state index contributed by atoms with van der Waals surface area (Å²) in [5, 5.41) is 12.4. The largest absolute Gasteiger partial charge is 0.507 e. The third-order valence-corrected chi connectivity index (χ3v) is 2.11. The van der Waals surface area contributed by atoms with Gasteiger partial charge in [-0.05, 0) is 32.2 Å². The van der Waals surface area contributed by atoms with E-state index in [0.29, 0.717) is 5.56 Å². The van der Waals surface area contributed by atoms with Crippen molar-refractivity contribution in [2.75, 3.05) is 13.6 Å². The molecule has 84 valence electrons. The lowest BCUT2D eigenvalue weighted by atomic mass is 10.1. The molecule has 16 heavy (non-hydrogen) atoms. The first-order chi connectivity index (χ1) is 7.65. The van der Waals surface area contributed by atoms with Crippen LogP contribution >= 0.6 is 0 Å². The molecule has 0 aliphatic heterocycles. The standard InChI is InChI=1S/C13H15NO2/c1-10(15)12-9-11(6-7-13(12)16)5-3-4-8-14-2/h6-7,9,14,16H,4,8H2,1-2H3. The van der Waals surface area contributed by atoms with Crippen LogP contribution in [0.3, 0.4) is 0 Å². The molecule has 3 nitrogen and oxygen atoms in total. The number of Topliss-reactive ketones (excluding diaryl/α,β-unsaturated/α-hetero) is 1. The van der Waals surface area contributed by atoms with E-state index in [9.17, 15) is 9.90 Å². The average molecular weight is 217 g/mol. The Morgan fingerprint density at radius 3 is 2.88 bits per heavy atom. The monoisotopic (exact) mass is 217 g/mol. The molecule has 0 spiro atoms. The van der Waals surface area contributed by atoms with Crippen molar-refractivity contribution in [3.05, 3.63) is 29.3 Å². The van der Waals surface area contributed by atoms with E-state index in [2.05, 4.69) is 17.2 Å². The van der Waals surface area contributed by atoms with Crippen molar-refractivity contribution in [1.29, 1.82) is 0 Å². The van der Waals surface area contributed by atoms with Crippen molar-refractivity contribution < 1.29 is 9.90 Å². The number of benzene rings is 1. The summed E-state index contributed by atoms with van der Waals surface area (Å²) in [6.07, 6.45) is 0.757. The predicted octanol–water partition coefficient (Wildman–Crippen LogP) is 1.56. The molecular weight excluding hydrogens is 202 g/mol. The van der Waals surface area contributed by atoms with Crippen LogP contribution in [0.2, 0.25) is 0 Å². The van der Waals surface area contributed by atoms with E-state index in [4.69, 9.17) is 0 Å². The van der Waals surface area contributed by atoms with E-state index in [1.54, 1.807) is 12.1 Å². The van der Waals surface area contributed by atoms with Crippen LogP contribution in [0.4, 0.5) is 0 Å². The van der Waals surface area contributed by atoms with Gasteiger partial charge in [0.1, 0.15) is 5.75 Å². The third-order valence-electron chi connectivity index (χ3n) is 2.11. The van der Waals surface area contributed by atoms with E-state index >= 15 is 0 Å². The molecule has 0 aliphatic rings. The van der Waals surface area contributed by atoms with Gasteiger partial charge in [0.05, 0.1) is 5.56 Å². The summed E-state index contributed by atoms with van der Waals surface area (Å²) < 4.78 is 0. The van der Waals surface area contributed by atoms with Crippen LogP contribution in [0.15, 0.2) is 18.2 Å². The van der Waals surface area contributed by atoms with Crippen molar-refractivity contribution in [2.24, 2.45) is 0 Å². The van der Waals surface area contributed by atoms with Crippen molar-refractivity contribution in [1.82, 2.24) is 5.32 Å². The quantitative estimate of drug-likeness (QED) is 0.459. The van der Waals surface area contributed by atoms with Crippen LogP contribution in [-0.2, 0) is 0 Å². The number of rotatable bonds is 3. The molecule has 0 fully saturated rings. The highest BCUT2D eigenvalue weighted by atomic mass is 16.3. The Balaban J connectivity index is 2.85. The Morgan fingerprint density at radius 1 is 1.50 bits per heavy atom. The lowest BCUT2D eigenvalue weighted by Crippen LogP contribution is -2.05. The maximum Gasteiger partial charge on any atom is 0.163 e. The highest BCUT2D eigenvalue weighted by Gasteiger charge is 2.05. The lowest BCUT2D eigenvalue weighted by Gasteiger charge is -2.00. The summed E-state index contributed by atoms with van der Waals surface area (Å²) in [4.78, 5) is 11.2. The fourth-order valence-corrected chi connectivity index (χ4v) is 1.25. The predicted molar refractivity (Wildman–Crippen MR) is 63.5 cm³/mol. The summed E-state index contributed by atoms with van der Waals surface area (Å²) >= 11 is 0. The Hall–Kier alpha value is -1.79. The Morgan fingerprint density at radius 2 is 2.25 bits per heavy atom. The summed E-state index contributed by atoms with van der Waals surface area (Å²) in [5.74, 6) is 5.78. The molecule has 0 amide bonds. The molecule has 3 heteroatoms. The van der Waals surface area contributed by atoms with Crippen LogP contribution in [0.1, 0.15) is 29.3 Å². The van der Waals surface area contributed by atoms with Gasteiger partial charge in [0, 0.05) is 18.5 Å². The number of ketones is 1. The minimum Gasteiger partial charge on any atom is -0.507 e. The van der Waals surface area contributed by atoms with Crippen LogP contribution in [0.5, 0.6) is 5.75 Å². The normalized spacial score (nSPS) is 9.38. The maximum atomic E-state index is 11.2. The van der Waals surface area contributed by atoms with E-state index < -0.39 is 0 Å². The van der Waals surface area contributed by atoms with Gasteiger partial charge in [0.15, 0.2) is 5.78 Å². The fourth-order valence-electron chi connectivity index (χ4n) is 1.25. The Bertz CT molecular complexity index is 441. The fraction of sp³-hybridized carbons (Fsp3) is 0.308. The molecule has 0 bridgehead atoms. The van der Waals surface area contributed by atoms with Crippen LogP contribution < -0.4 is 5.32 Å². The molecule has 1 rings (SSSR count). The van der Waals surface area contributed by atoms with Crippen LogP contribution in [0, 0.1) is 11.8 Å². The molecule has 0 saturated carbocycles. The zero-order chi connectivity index (χ0) is 12.0. The highest BCUT2D eigenvalue weighted by Crippen LogP contribution is 2.18. The molecule has 0 aromatic heterocycles. The molecule has 0 aliphatic carbocycles. The number of hydrogen-bond acceptors (Lipinski definition) is 3. The molecule has 0 radical (unpaired) electrons. The zero-order valence-electron chi connectivity index (χ0n) is 9.50. The van der Waals surface area contributed by atoms with Gasteiger partial charge < -0.3 is 10.4 Å². The van der Waals surface area contributed by atoms with E-state index in [-0.39, 0.29) is 11.5 Å². The van der Waals surface area contributed by atoms with Gasteiger partial charge in [-0.15, -0.1) is 0 Å². The minimum atomic E-state index is -0.156. The SMILES string of the molecule is CNCCC#Cc1ccc(O)c(C(C)=O)c1. The maximum absolute atomic E-state index is 11.2. The summed E-state index contributed by atoms with van der Waals surface area (Å²) in [6, 6.07) is 4.82. The summed E-state index contributed by atoms with van der Waals surface area (Å²) in [7, 11) is 1.87. The van der Waals surface area contributed by atoms with Gasteiger partial charge in [-0.1, -0.05) is 11.8 Å². The van der Waals surface area contributed by atoms with Crippen molar-refractivity contribution in [3.63, 3.8) is 0 Å². The van der Waals surface area contributed by atoms with Gasteiger partial charge in [0.2, 0.25) is 0 Å². The second kappa shape index (κ2) is 5.94. The van der Waals surface area contributed by atoms with Crippen molar-refractivity contribution in [2.45, 2.75) is 13.3 Å². The van der Waals surface area contributed by atoms with E-state index in [1.807, 2.05) is 7.05 Å². The number of hydrogen-bond donors (Lipinski definition) is 2. The first kappa shape index (κ1) is 12.3. The second-order valence-electron chi connectivity index (χ2n) is 3.44. The van der Waals surface area contributed by atoms with Crippen LogP contribution in [-0.4, -0.2) is 24.5 Å². The molecule has 1 aromatic rings. The lowest BCUT2D eigenvalue weighted by molar-refractivity contribution is 0.101. The molecule has 0 saturated heterocycles. The number of carbonyl (C=O) groups excluding carboxylic acids is 1. The third kappa shape index (κ3) is 3.41. The van der Waals surface area contributed by atoms with Crippen molar-refractivity contribution in [3.8, 4) is 17.6 Å². The Labute approximate surface area is 95.5 Å². The number of phenols is 1. The van der Waals surface area contributed by atoms with Gasteiger partial charge in [-0.3, -0.25) is 4.79 Å². The smallest absolute Gasteiger partial charge is 0.163 e. The summed E-state index contributed by atoms with van der Waals surface area (Å²) in [6.45, 7) is 2.26. The minimum absolute atomic E-state index is 0.00766. The topological polar surface area (TPSA) is 49.3 Å². The summed E-state index contributed by atoms with van der Waals surface area (Å²) in [5.41, 5.74) is 1.07. The Kier molecular flexibility index (Phi) is 4.56. The average Bonchev–Trinajstić information content (AvgIpc) is 2.26. The highest BCUT2D eigenvalue weighted by molar-refractivity contribution is 5.97. The molecule has 0 unspecified atom stereocenters. The number of nitrogens with one attached hydrogen (secondary N) is 1. The molecule has 2 N–H and O–H groups in total. The second-order valence-corrected chi connectivity index (χ2v) is 3.44. The first-order valence-electron chi connectivity index (χ1n) is 5.12. The van der Waals surface area contributed by atoms with Gasteiger partial charge >= 0.3 is 0 Å². The first-order valence-corrected chi connectivity index (χ1v) is 5.12. The number of carbonyl (C=O) groups is 1. The van der Waals surface area contributed by atoms with E-state index in [1.165, 1.54) is 13.0 Å². The van der Waals surface area contributed by atoms with Gasteiger partial charge in [-0.2, -0.15) is 0 Å². The number of phenolic OH excluding ortho intramolecular Hbond substituents is 1. The molecular formula is C13H15NO2. The van der Waals surface area contributed by atoms with Gasteiger partial charge in [0.25, 0.3) is 0 Å². The van der Waals surface area contributed by atoms with E-state index in [0.717, 1.165) is 18.5 Å². The molecule has 0 atom stereocenters. The zero-order valence-corrected chi connectivity index (χ0v) is 9.50. The van der Waals surface area contributed by atoms with Crippen molar-refractivity contribution >= 4 is 5.78 Å². The van der Waals surface area contributed by atoms with Crippen LogP contribution in [0.25, 0.3) is 0 Å². The molecule has 0 heterocycles. The molecule has 1 aromatic carbocycles.